The van der Waals surface area contributed by atoms with Crippen LogP contribution < -0.4 is 21.1 Å². The van der Waals surface area contributed by atoms with E-state index in [-0.39, 0.29) is 18.0 Å². The number of nitrogens with zero attached hydrogens (tertiary/aromatic N) is 3. The summed E-state index contributed by atoms with van der Waals surface area (Å²) in [6.45, 7) is 3.71. The number of nitrogens with one attached hydrogen (secondary N) is 2. The second-order valence-corrected chi connectivity index (χ2v) is 10.2. The topological polar surface area (TPSA) is 117 Å². The molecule has 1 amide bonds. The van der Waals surface area contributed by atoms with Crippen molar-refractivity contribution in [1.82, 2.24) is 15.1 Å². The van der Waals surface area contributed by atoms with Gasteiger partial charge in [-0.2, -0.15) is 18.3 Å². The molecule has 1 aromatic heterocycles. The second kappa shape index (κ2) is 14.7. The molecule has 13 heteroatoms. The molecular weight excluding hydrogens is 599 g/mol. The SMILES string of the molecule is O=C(Nc1ccc(Cn2nc(Cl)c(N3CCCNCC3)cc2=O)cc1)c1ccc(-c2ccccc2)cc1.O=C(O)C(F)(F)F. The lowest BCUT2D eigenvalue weighted by Crippen LogP contribution is -2.31. The van der Waals surface area contributed by atoms with Gasteiger partial charge in [0.25, 0.3) is 11.5 Å². The standard InChI is InChI=1S/C29H28ClN5O2.C2HF3O2/c30-28-26(34-17-4-15-31-16-18-34)19-27(36)35(33-28)20-21-7-13-25(14-8-21)32-29(37)24-11-9-23(10-12-24)22-5-2-1-3-6-22;3-2(4,5)1(6)7/h1-3,5-14,19,31H,4,15-18,20H2,(H,32,37);(H,6,7). The van der Waals surface area contributed by atoms with E-state index in [2.05, 4.69) is 20.6 Å². The van der Waals surface area contributed by atoms with Crippen LogP contribution in [-0.2, 0) is 11.3 Å². The minimum absolute atomic E-state index is 0.184. The van der Waals surface area contributed by atoms with Gasteiger partial charge in [0.15, 0.2) is 5.15 Å². The highest BCUT2D eigenvalue weighted by atomic mass is 35.5. The van der Waals surface area contributed by atoms with Crippen LogP contribution in [-0.4, -0.2) is 59.1 Å². The van der Waals surface area contributed by atoms with Crippen LogP contribution in [0.2, 0.25) is 5.15 Å². The summed E-state index contributed by atoms with van der Waals surface area (Å²) < 4.78 is 33.1. The maximum absolute atomic E-state index is 12.8. The molecule has 1 saturated heterocycles. The van der Waals surface area contributed by atoms with Gasteiger partial charge in [-0.05, 0) is 53.9 Å². The summed E-state index contributed by atoms with van der Waals surface area (Å²) in [5.41, 5.74) is 4.77. The summed E-state index contributed by atoms with van der Waals surface area (Å²) in [5, 5.41) is 18.1. The van der Waals surface area contributed by atoms with Gasteiger partial charge in [-0.3, -0.25) is 9.59 Å². The fourth-order valence-electron chi connectivity index (χ4n) is 4.39. The van der Waals surface area contributed by atoms with E-state index >= 15 is 0 Å². The molecule has 5 rings (SSSR count). The number of carboxylic acids is 1. The summed E-state index contributed by atoms with van der Waals surface area (Å²) >= 11 is 6.46. The zero-order valence-electron chi connectivity index (χ0n) is 23.4. The number of benzene rings is 3. The number of aromatic nitrogens is 2. The predicted molar refractivity (Wildman–Crippen MR) is 162 cm³/mol. The van der Waals surface area contributed by atoms with Gasteiger partial charge >= 0.3 is 12.1 Å². The number of carbonyl (C=O) groups is 2. The summed E-state index contributed by atoms with van der Waals surface area (Å²) in [5.74, 6) is -2.94. The van der Waals surface area contributed by atoms with Crippen LogP contribution in [0.25, 0.3) is 11.1 Å². The Morgan fingerprint density at radius 3 is 2.20 bits per heavy atom. The van der Waals surface area contributed by atoms with Crippen molar-refractivity contribution >= 4 is 34.9 Å². The lowest BCUT2D eigenvalue weighted by molar-refractivity contribution is -0.192. The van der Waals surface area contributed by atoms with Crippen molar-refractivity contribution < 1.29 is 27.9 Å². The van der Waals surface area contributed by atoms with Gasteiger partial charge in [-0.25, -0.2) is 9.48 Å². The molecular formula is C31H29ClF3N5O4. The predicted octanol–water partition coefficient (Wildman–Crippen LogP) is 5.30. The van der Waals surface area contributed by atoms with Crippen LogP contribution in [0, 0.1) is 0 Å². The molecule has 9 nitrogen and oxygen atoms in total. The van der Waals surface area contributed by atoms with E-state index in [9.17, 15) is 22.8 Å². The normalized spacial score (nSPS) is 13.3. The molecule has 1 aliphatic heterocycles. The Kier molecular flexibility index (Phi) is 10.7. The van der Waals surface area contributed by atoms with E-state index < -0.39 is 12.1 Å². The highest BCUT2D eigenvalue weighted by molar-refractivity contribution is 6.31. The molecule has 0 atom stereocenters. The van der Waals surface area contributed by atoms with Crippen LogP contribution in [0.5, 0.6) is 0 Å². The number of carboxylic acid groups (broad SMARTS) is 1. The Hall–Kier alpha value is -4.68. The van der Waals surface area contributed by atoms with Crippen LogP contribution in [0.3, 0.4) is 0 Å². The number of hydrogen-bond donors (Lipinski definition) is 3. The number of anilines is 2. The molecule has 0 unspecified atom stereocenters. The molecule has 0 radical (unpaired) electrons. The van der Waals surface area contributed by atoms with E-state index in [4.69, 9.17) is 21.5 Å². The molecule has 1 fully saturated rings. The van der Waals surface area contributed by atoms with Gasteiger partial charge in [0.1, 0.15) is 0 Å². The largest absolute Gasteiger partial charge is 0.490 e. The molecule has 0 spiro atoms. The van der Waals surface area contributed by atoms with E-state index in [1.165, 1.54) is 4.68 Å². The maximum atomic E-state index is 12.8. The van der Waals surface area contributed by atoms with Crippen molar-refractivity contribution in [2.45, 2.75) is 19.1 Å². The number of rotatable bonds is 6. The van der Waals surface area contributed by atoms with E-state index in [1.807, 2.05) is 78.9 Å². The fourth-order valence-corrected chi connectivity index (χ4v) is 4.66. The monoisotopic (exact) mass is 627 g/mol. The quantitative estimate of drug-likeness (QED) is 0.266. The van der Waals surface area contributed by atoms with E-state index in [0.717, 1.165) is 49.3 Å². The van der Waals surface area contributed by atoms with Crippen molar-refractivity contribution in [3.63, 3.8) is 0 Å². The first-order chi connectivity index (χ1) is 21.0. The van der Waals surface area contributed by atoms with Gasteiger partial charge in [-0.1, -0.05) is 66.2 Å². The van der Waals surface area contributed by atoms with Crippen LogP contribution in [0.15, 0.2) is 89.7 Å². The van der Waals surface area contributed by atoms with Crippen LogP contribution >= 0.6 is 11.6 Å². The smallest absolute Gasteiger partial charge is 0.475 e. The average molecular weight is 628 g/mol. The lowest BCUT2D eigenvalue weighted by Gasteiger charge is -2.23. The first-order valence-corrected chi connectivity index (χ1v) is 14.0. The summed E-state index contributed by atoms with van der Waals surface area (Å²) in [4.78, 5) is 36.5. The van der Waals surface area contributed by atoms with Gasteiger partial charge in [0.2, 0.25) is 0 Å². The molecule has 230 valence electrons. The second-order valence-electron chi connectivity index (χ2n) is 9.80. The maximum Gasteiger partial charge on any atom is 0.490 e. The minimum atomic E-state index is -5.08. The van der Waals surface area contributed by atoms with Crippen molar-refractivity contribution in [2.24, 2.45) is 0 Å². The van der Waals surface area contributed by atoms with Crippen molar-refractivity contribution in [2.75, 3.05) is 36.4 Å². The Morgan fingerprint density at radius 1 is 0.932 bits per heavy atom. The number of carbonyl (C=O) groups excluding carboxylic acids is 1. The first-order valence-electron chi connectivity index (χ1n) is 13.6. The third kappa shape index (κ3) is 8.91. The van der Waals surface area contributed by atoms with Gasteiger partial charge in [-0.15, -0.1) is 0 Å². The lowest BCUT2D eigenvalue weighted by atomic mass is 10.0. The van der Waals surface area contributed by atoms with Crippen LogP contribution in [0.1, 0.15) is 22.3 Å². The molecule has 0 bridgehead atoms. The zero-order valence-corrected chi connectivity index (χ0v) is 24.1. The number of amides is 1. The Bertz CT molecular complexity index is 1620. The molecule has 2 heterocycles. The number of alkyl halides is 3. The highest BCUT2D eigenvalue weighted by Crippen LogP contribution is 2.23. The van der Waals surface area contributed by atoms with Gasteiger partial charge in [0.05, 0.1) is 12.2 Å². The summed E-state index contributed by atoms with van der Waals surface area (Å²) in [7, 11) is 0. The van der Waals surface area contributed by atoms with Crippen molar-refractivity contribution in [3.8, 4) is 11.1 Å². The average Bonchev–Trinajstić information content (AvgIpc) is 3.30. The molecule has 0 saturated carbocycles. The van der Waals surface area contributed by atoms with Gasteiger partial charge in [0, 0.05) is 37.0 Å². The van der Waals surface area contributed by atoms with E-state index in [1.54, 1.807) is 6.07 Å². The molecule has 3 N–H and O–H groups in total. The molecule has 4 aromatic rings. The third-order valence-electron chi connectivity index (χ3n) is 6.66. The molecule has 3 aromatic carbocycles. The molecule has 44 heavy (non-hydrogen) atoms. The van der Waals surface area contributed by atoms with Crippen LogP contribution in [0.4, 0.5) is 24.5 Å². The number of halogens is 4. The number of aliphatic carboxylic acids is 1. The third-order valence-corrected chi connectivity index (χ3v) is 6.93. The highest BCUT2D eigenvalue weighted by Gasteiger charge is 2.38. The fraction of sp³-hybridized carbons (Fsp3) is 0.226. The van der Waals surface area contributed by atoms with E-state index in [0.29, 0.717) is 22.1 Å². The Balaban J connectivity index is 0.000000566. The summed E-state index contributed by atoms with van der Waals surface area (Å²) in [6.07, 6.45) is -4.10. The first kappa shape index (κ1) is 32.2. The van der Waals surface area contributed by atoms with Gasteiger partial charge < -0.3 is 20.6 Å². The molecule has 1 aliphatic rings. The minimum Gasteiger partial charge on any atom is -0.475 e. The molecule has 0 aliphatic carbocycles. The summed E-state index contributed by atoms with van der Waals surface area (Å²) in [6, 6.07) is 26.5. The Labute approximate surface area is 255 Å². The number of hydrogen-bond acceptors (Lipinski definition) is 6. The van der Waals surface area contributed by atoms with Crippen molar-refractivity contribution in [1.29, 1.82) is 0 Å². The Morgan fingerprint density at radius 2 is 1.57 bits per heavy atom. The van der Waals surface area contributed by atoms with Crippen molar-refractivity contribution in [3.05, 3.63) is 112 Å². The zero-order chi connectivity index (χ0) is 31.7.